The van der Waals surface area contributed by atoms with E-state index in [2.05, 4.69) is 17.0 Å². The molecule has 1 aromatic carbocycles. The number of benzene rings is 1. The lowest BCUT2D eigenvalue weighted by Crippen LogP contribution is -2.49. The lowest BCUT2D eigenvalue weighted by atomic mass is 10.1. The van der Waals surface area contributed by atoms with Crippen LogP contribution in [0.4, 0.5) is 0 Å². The van der Waals surface area contributed by atoms with Crippen molar-refractivity contribution in [3.63, 3.8) is 0 Å². The molecule has 0 bridgehead atoms. The Kier molecular flexibility index (Phi) is 10.5. The van der Waals surface area contributed by atoms with Crippen LogP contribution in [0.3, 0.4) is 0 Å². The molecule has 0 spiro atoms. The molecule has 4 N–H and O–H groups in total. The number of hydrogen-bond donors (Lipinski definition) is 3. The second kappa shape index (κ2) is 10.9. The van der Waals surface area contributed by atoms with E-state index in [1.807, 2.05) is 0 Å². The van der Waals surface area contributed by atoms with Gasteiger partial charge in [-0.25, -0.2) is 8.42 Å². The molecule has 1 amide bonds. The fourth-order valence-corrected chi connectivity index (χ4v) is 3.32. The number of halogens is 2. The van der Waals surface area contributed by atoms with Gasteiger partial charge in [0.2, 0.25) is 15.9 Å². The van der Waals surface area contributed by atoms with Crippen LogP contribution in [0.1, 0.15) is 33.1 Å². The largest absolute Gasteiger partial charge is 0.351 e. The van der Waals surface area contributed by atoms with E-state index in [1.165, 1.54) is 31.2 Å². The molecule has 0 radical (unpaired) electrons. The van der Waals surface area contributed by atoms with Crippen molar-refractivity contribution in [3.8, 4) is 0 Å². The summed E-state index contributed by atoms with van der Waals surface area (Å²) in [6.45, 7) is 3.87. The van der Waals surface area contributed by atoms with E-state index in [-0.39, 0.29) is 23.3 Å². The van der Waals surface area contributed by atoms with Crippen LogP contribution in [0.5, 0.6) is 0 Å². The van der Waals surface area contributed by atoms with Crippen molar-refractivity contribution in [1.29, 1.82) is 0 Å². The average molecular weight is 398 g/mol. The number of nitrogens with two attached hydrogens (primary N) is 1. The van der Waals surface area contributed by atoms with Crippen LogP contribution >= 0.6 is 24.0 Å². The summed E-state index contributed by atoms with van der Waals surface area (Å²) in [6, 6.07) is 4.70. The Labute approximate surface area is 155 Å². The summed E-state index contributed by atoms with van der Waals surface area (Å²) in [6.07, 6.45) is 2.73. The van der Waals surface area contributed by atoms with Gasteiger partial charge in [-0.15, -0.1) is 12.4 Å². The Bertz CT molecular complexity index is 609. The molecule has 6 nitrogen and oxygen atoms in total. The van der Waals surface area contributed by atoms with E-state index in [0.717, 1.165) is 19.3 Å². The minimum atomic E-state index is -3.78. The lowest BCUT2D eigenvalue weighted by molar-refractivity contribution is -0.123. The van der Waals surface area contributed by atoms with Gasteiger partial charge in [-0.2, -0.15) is 4.72 Å². The monoisotopic (exact) mass is 397 g/mol. The quantitative estimate of drug-likeness (QED) is 0.593. The smallest absolute Gasteiger partial charge is 0.241 e. The molecule has 0 aliphatic carbocycles. The highest BCUT2D eigenvalue weighted by molar-refractivity contribution is 7.89. The average Bonchev–Trinajstić information content (AvgIpc) is 2.51. The van der Waals surface area contributed by atoms with Crippen molar-refractivity contribution in [2.45, 2.75) is 50.1 Å². The molecule has 0 aromatic heterocycles. The molecule has 24 heavy (non-hydrogen) atoms. The van der Waals surface area contributed by atoms with Gasteiger partial charge < -0.3 is 11.1 Å². The van der Waals surface area contributed by atoms with Crippen molar-refractivity contribution < 1.29 is 13.2 Å². The SMILES string of the molecule is CCCCC(CN)NC(=O)C(C)NS(=O)(=O)c1ccc(Cl)cc1.Cl. The first-order chi connectivity index (χ1) is 10.8. The van der Waals surface area contributed by atoms with E-state index >= 15 is 0 Å². The predicted octanol–water partition coefficient (Wildman–Crippen LogP) is 2.06. The normalized spacial score (nSPS) is 13.7. The number of carbonyl (C=O) groups excluding carboxylic acids is 1. The molecule has 2 unspecified atom stereocenters. The van der Waals surface area contributed by atoms with Gasteiger partial charge in [-0.3, -0.25) is 4.79 Å². The van der Waals surface area contributed by atoms with Crippen molar-refractivity contribution in [2.24, 2.45) is 5.73 Å². The lowest BCUT2D eigenvalue weighted by Gasteiger charge is -2.20. The highest BCUT2D eigenvalue weighted by Crippen LogP contribution is 2.14. The maximum Gasteiger partial charge on any atom is 0.241 e. The topological polar surface area (TPSA) is 101 Å². The number of carbonyl (C=O) groups is 1. The number of nitrogens with one attached hydrogen (secondary N) is 2. The summed E-state index contributed by atoms with van der Waals surface area (Å²) in [5, 5.41) is 3.21. The standard InChI is InChI=1S/C15H24ClN3O3S.ClH/c1-3-4-5-13(10-17)18-15(20)11(2)19-23(21,22)14-8-6-12(16)7-9-14;/h6-9,11,13,19H,3-5,10,17H2,1-2H3,(H,18,20);1H. The highest BCUT2D eigenvalue weighted by Gasteiger charge is 2.23. The molecule has 0 aliphatic heterocycles. The molecule has 0 heterocycles. The molecule has 0 aliphatic rings. The van der Waals surface area contributed by atoms with Gasteiger partial charge in [-0.05, 0) is 37.6 Å². The van der Waals surface area contributed by atoms with Gasteiger partial charge in [0.25, 0.3) is 0 Å². The van der Waals surface area contributed by atoms with E-state index in [4.69, 9.17) is 17.3 Å². The zero-order valence-corrected chi connectivity index (χ0v) is 16.2. The molecule has 0 saturated heterocycles. The van der Waals surface area contributed by atoms with Crippen LogP contribution in [0.15, 0.2) is 29.2 Å². The highest BCUT2D eigenvalue weighted by atomic mass is 35.5. The van der Waals surface area contributed by atoms with Gasteiger partial charge in [0.15, 0.2) is 0 Å². The molecule has 0 fully saturated rings. The third-order valence-electron chi connectivity index (χ3n) is 3.39. The Balaban J connectivity index is 0.00000529. The van der Waals surface area contributed by atoms with Gasteiger partial charge in [0.05, 0.1) is 10.9 Å². The zero-order valence-electron chi connectivity index (χ0n) is 13.8. The number of hydrogen-bond acceptors (Lipinski definition) is 4. The van der Waals surface area contributed by atoms with Crippen LogP contribution < -0.4 is 15.8 Å². The number of unbranched alkanes of at least 4 members (excludes halogenated alkanes) is 1. The van der Waals surface area contributed by atoms with E-state index < -0.39 is 22.0 Å². The third kappa shape index (κ3) is 7.36. The van der Waals surface area contributed by atoms with Gasteiger partial charge in [0, 0.05) is 17.6 Å². The van der Waals surface area contributed by atoms with Crippen molar-refractivity contribution in [2.75, 3.05) is 6.54 Å². The molecule has 138 valence electrons. The first kappa shape index (κ1) is 23.1. The van der Waals surface area contributed by atoms with E-state index in [9.17, 15) is 13.2 Å². The Morgan fingerprint density at radius 2 is 1.88 bits per heavy atom. The molecule has 1 rings (SSSR count). The van der Waals surface area contributed by atoms with Crippen LogP contribution in [0, 0.1) is 0 Å². The van der Waals surface area contributed by atoms with Gasteiger partial charge in [0.1, 0.15) is 0 Å². The molecule has 9 heteroatoms. The minimum Gasteiger partial charge on any atom is -0.351 e. The van der Waals surface area contributed by atoms with E-state index in [1.54, 1.807) is 0 Å². The number of rotatable bonds is 9. The van der Waals surface area contributed by atoms with E-state index in [0.29, 0.717) is 11.6 Å². The third-order valence-corrected chi connectivity index (χ3v) is 5.19. The number of amides is 1. The minimum absolute atomic E-state index is 0. The molecule has 0 saturated carbocycles. The molecular weight excluding hydrogens is 373 g/mol. The summed E-state index contributed by atoms with van der Waals surface area (Å²) < 4.78 is 26.8. The summed E-state index contributed by atoms with van der Waals surface area (Å²) >= 11 is 5.74. The van der Waals surface area contributed by atoms with Gasteiger partial charge in [-0.1, -0.05) is 31.4 Å². The molecule has 2 atom stereocenters. The fourth-order valence-electron chi connectivity index (χ4n) is 1.99. The van der Waals surface area contributed by atoms with Crippen LogP contribution in [0.2, 0.25) is 5.02 Å². The molecular formula is C15H25Cl2N3O3S. The first-order valence-electron chi connectivity index (χ1n) is 7.58. The Morgan fingerprint density at radius 1 is 1.29 bits per heavy atom. The second-order valence-corrected chi connectivity index (χ2v) is 7.53. The predicted molar refractivity (Wildman–Crippen MR) is 99.0 cm³/mol. The second-order valence-electron chi connectivity index (χ2n) is 5.38. The summed E-state index contributed by atoms with van der Waals surface area (Å²) in [4.78, 5) is 12.2. The summed E-state index contributed by atoms with van der Waals surface area (Å²) in [7, 11) is -3.78. The Hall–Kier alpha value is -0.860. The van der Waals surface area contributed by atoms with Crippen LogP contribution in [0.25, 0.3) is 0 Å². The van der Waals surface area contributed by atoms with Crippen molar-refractivity contribution >= 4 is 39.9 Å². The van der Waals surface area contributed by atoms with Crippen LogP contribution in [-0.4, -0.2) is 33.0 Å². The van der Waals surface area contributed by atoms with Crippen molar-refractivity contribution in [1.82, 2.24) is 10.0 Å². The zero-order chi connectivity index (χ0) is 17.5. The Morgan fingerprint density at radius 3 is 2.38 bits per heavy atom. The molecule has 1 aromatic rings. The maximum absolute atomic E-state index is 12.2. The van der Waals surface area contributed by atoms with Gasteiger partial charge >= 0.3 is 0 Å². The number of sulfonamides is 1. The first-order valence-corrected chi connectivity index (χ1v) is 9.44. The van der Waals surface area contributed by atoms with Crippen molar-refractivity contribution in [3.05, 3.63) is 29.3 Å². The summed E-state index contributed by atoms with van der Waals surface area (Å²) in [5.74, 6) is -0.394. The fraction of sp³-hybridized carbons (Fsp3) is 0.533. The van der Waals surface area contributed by atoms with Crippen LogP contribution in [-0.2, 0) is 14.8 Å². The summed E-state index contributed by atoms with van der Waals surface area (Å²) in [5.41, 5.74) is 5.63. The maximum atomic E-state index is 12.2.